The minimum Gasteiger partial charge on any atom is -0.229 e. The lowest BCUT2D eigenvalue weighted by Gasteiger charge is -2.02. The zero-order valence-corrected chi connectivity index (χ0v) is 8.59. The van der Waals surface area contributed by atoms with Gasteiger partial charge in [-0.25, -0.2) is 17.9 Å². The third kappa shape index (κ3) is 3.65. The van der Waals surface area contributed by atoms with Crippen molar-refractivity contribution in [1.29, 1.82) is 5.26 Å². The Morgan fingerprint density at radius 1 is 1.47 bits per heavy atom. The molecule has 15 heavy (non-hydrogen) atoms. The molecule has 0 saturated heterocycles. The number of aryl methyl sites for hydroxylation is 1. The van der Waals surface area contributed by atoms with Crippen LogP contribution in [0.2, 0.25) is 0 Å². The molecule has 0 amide bonds. The fraction of sp³-hybridized carbons (Fsp3) is 0.222. The summed E-state index contributed by atoms with van der Waals surface area (Å²) in [6.45, 7) is 0. The van der Waals surface area contributed by atoms with Gasteiger partial charge in [-0.05, 0) is 24.1 Å². The number of sulfonamides is 1. The molecule has 2 N–H and O–H groups in total. The Hall–Kier alpha value is -1.45. The van der Waals surface area contributed by atoms with Crippen LogP contribution in [0.5, 0.6) is 0 Å². The lowest BCUT2D eigenvalue weighted by Crippen LogP contribution is -2.18. The van der Waals surface area contributed by atoms with E-state index in [1.54, 1.807) is 6.07 Å². The first-order valence-electron chi connectivity index (χ1n) is 4.11. The van der Waals surface area contributed by atoms with Gasteiger partial charge in [-0.3, -0.25) is 0 Å². The molecular formula is C9H9FN2O2S. The van der Waals surface area contributed by atoms with E-state index >= 15 is 0 Å². The van der Waals surface area contributed by atoms with Gasteiger partial charge in [0.05, 0.1) is 17.4 Å². The lowest BCUT2D eigenvalue weighted by molar-refractivity contribution is 0.597. The Kier molecular flexibility index (Phi) is 3.39. The number of primary sulfonamides is 1. The molecule has 1 aromatic rings. The zero-order chi connectivity index (χ0) is 11.5. The van der Waals surface area contributed by atoms with Crippen LogP contribution >= 0.6 is 0 Å². The third-order valence-corrected chi connectivity index (χ3v) is 2.62. The van der Waals surface area contributed by atoms with E-state index in [2.05, 4.69) is 0 Å². The van der Waals surface area contributed by atoms with Gasteiger partial charge >= 0.3 is 0 Å². The highest BCUT2D eigenvalue weighted by molar-refractivity contribution is 7.89. The van der Waals surface area contributed by atoms with Crippen molar-refractivity contribution in [2.24, 2.45) is 5.14 Å². The Balaban J connectivity index is 2.92. The molecule has 0 atom stereocenters. The molecule has 0 heterocycles. The summed E-state index contributed by atoms with van der Waals surface area (Å²) >= 11 is 0. The number of rotatable bonds is 3. The highest BCUT2D eigenvalue weighted by Crippen LogP contribution is 2.11. The molecule has 1 aromatic carbocycles. The number of nitriles is 1. The van der Waals surface area contributed by atoms with Crippen molar-refractivity contribution < 1.29 is 12.8 Å². The van der Waals surface area contributed by atoms with Crippen LogP contribution in [0.25, 0.3) is 0 Å². The molecule has 0 bridgehead atoms. The van der Waals surface area contributed by atoms with Crippen molar-refractivity contribution in [3.8, 4) is 6.07 Å². The number of benzene rings is 1. The van der Waals surface area contributed by atoms with E-state index in [0.717, 1.165) is 6.07 Å². The summed E-state index contributed by atoms with van der Waals surface area (Å²) in [5.41, 5.74) is 0.617. The molecule has 0 aromatic heterocycles. The Morgan fingerprint density at radius 2 is 2.13 bits per heavy atom. The van der Waals surface area contributed by atoms with Crippen LogP contribution < -0.4 is 5.14 Å². The second-order valence-electron chi connectivity index (χ2n) is 3.03. The van der Waals surface area contributed by atoms with E-state index in [-0.39, 0.29) is 17.7 Å². The van der Waals surface area contributed by atoms with Gasteiger partial charge in [-0.1, -0.05) is 6.07 Å². The Bertz CT molecular complexity index is 505. The fourth-order valence-electron chi connectivity index (χ4n) is 1.12. The molecule has 0 aliphatic rings. The van der Waals surface area contributed by atoms with Crippen molar-refractivity contribution in [2.45, 2.75) is 6.42 Å². The molecule has 1 rings (SSSR count). The van der Waals surface area contributed by atoms with Crippen LogP contribution in [0.3, 0.4) is 0 Å². The van der Waals surface area contributed by atoms with Gasteiger partial charge in [0.25, 0.3) is 0 Å². The lowest BCUT2D eigenvalue weighted by atomic mass is 10.1. The quantitative estimate of drug-likeness (QED) is 0.818. The molecule has 0 unspecified atom stereocenters. The van der Waals surface area contributed by atoms with Crippen LogP contribution in [0.4, 0.5) is 4.39 Å². The molecule has 0 fully saturated rings. The molecule has 0 spiro atoms. The first-order chi connectivity index (χ1) is 6.92. The molecule has 80 valence electrons. The van der Waals surface area contributed by atoms with Crippen LogP contribution in [0, 0.1) is 17.1 Å². The summed E-state index contributed by atoms with van der Waals surface area (Å²) in [6, 6.07) is 5.43. The van der Waals surface area contributed by atoms with Crippen molar-refractivity contribution in [2.75, 3.05) is 5.75 Å². The molecule has 4 nitrogen and oxygen atoms in total. The summed E-state index contributed by atoms with van der Waals surface area (Å²) in [4.78, 5) is 0. The summed E-state index contributed by atoms with van der Waals surface area (Å²) in [5, 5.41) is 13.5. The SMILES string of the molecule is N#Cc1cc(F)ccc1CCS(N)(=O)=O. The minimum absolute atomic E-state index is 0.113. The maximum atomic E-state index is 12.7. The number of nitrogens with two attached hydrogens (primary N) is 1. The van der Waals surface area contributed by atoms with Crippen molar-refractivity contribution in [3.05, 3.63) is 35.1 Å². The Labute approximate surface area is 87.2 Å². The second kappa shape index (κ2) is 4.38. The van der Waals surface area contributed by atoms with Gasteiger partial charge < -0.3 is 0 Å². The first kappa shape index (κ1) is 11.6. The van der Waals surface area contributed by atoms with Gasteiger partial charge in [-0.15, -0.1) is 0 Å². The molecular weight excluding hydrogens is 219 g/mol. The van der Waals surface area contributed by atoms with E-state index in [1.807, 2.05) is 0 Å². The predicted molar refractivity (Wildman–Crippen MR) is 52.8 cm³/mol. The molecule has 0 aliphatic carbocycles. The minimum atomic E-state index is -3.56. The standard InChI is InChI=1S/C9H9FN2O2S/c10-9-2-1-7(8(5-9)6-11)3-4-15(12,13)14/h1-2,5H,3-4H2,(H2,12,13,14). The van der Waals surface area contributed by atoms with Crippen LogP contribution in [-0.2, 0) is 16.4 Å². The molecule has 6 heteroatoms. The summed E-state index contributed by atoms with van der Waals surface area (Å²) < 4.78 is 34.1. The topological polar surface area (TPSA) is 83.9 Å². The summed E-state index contributed by atoms with van der Waals surface area (Å²) in [5.74, 6) is -0.779. The predicted octanol–water partition coefficient (Wildman–Crippen LogP) is 0.528. The maximum absolute atomic E-state index is 12.7. The van der Waals surface area contributed by atoms with Gasteiger partial charge in [0.2, 0.25) is 10.0 Å². The Morgan fingerprint density at radius 3 is 2.67 bits per heavy atom. The van der Waals surface area contributed by atoms with E-state index < -0.39 is 15.8 Å². The fourth-order valence-corrected chi connectivity index (χ4v) is 1.63. The van der Waals surface area contributed by atoms with Gasteiger partial charge in [0, 0.05) is 0 Å². The smallest absolute Gasteiger partial charge is 0.209 e. The normalized spacial score (nSPS) is 11.0. The summed E-state index contributed by atoms with van der Waals surface area (Å²) in [7, 11) is -3.56. The van der Waals surface area contributed by atoms with Crippen molar-refractivity contribution in [1.82, 2.24) is 0 Å². The van der Waals surface area contributed by atoms with Crippen LogP contribution in [0.15, 0.2) is 18.2 Å². The van der Waals surface area contributed by atoms with Crippen molar-refractivity contribution in [3.63, 3.8) is 0 Å². The van der Waals surface area contributed by atoms with Gasteiger partial charge in [0.15, 0.2) is 0 Å². The average molecular weight is 228 g/mol. The monoisotopic (exact) mass is 228 g/mol. The number of nitrogens with zero attached hydrogens (tertiary/aromatic N) is 1. The maximum Gasteiger partial charge on any atom is 0.209 e. The van der Waals surface area contributed by atoms with Gasteiger partial charge in [-0.2, -0.15) is 5.26 Å². The van der Waals surface area contributed by atoms with Crippen LogP contribution in [-0.4, -0.2) is 14.2 Å². The van der Waals surface area contributed by atoms with Crippen LogP contribution in [0.1, 0.15) is 11.1 Å². The van der Waals surface area contributed by atoms with Gasteiger partial charge in [0.1, 0.15) is 5.82 Å². The first-order valence-corrected chi connectivity index (χ1v) is 5.83. The largest absolute Gasteiger partial charge is 0.229 e. The molecule has 0 radical (unpaired) electrons. The number of hydrogen-bond donors (Lipinski definition) is 1. The summed E-state index contributed by atoms with van der Waals surface area (Å²) in [6.07, 6.45) is 0.113. The third-order valence-electron chi connectivity index (χ3n) is 1.85. The second-order valence-corrected chi connectivity index (χ2v) is 4.76. The average Bonchev–Trinajstić information content (AvgIpc) is 2.14. The number of halogens is 1. The van der Waals surface area contributed by atoms with Crippen molar-refractivity contribution >= 4 is 10.0 Å². The zero-order valence-electron chi connectivity index (χ0n) is 7.77. The molecule has 0 saturated carbocycles. The highest BCUT2D eigenvalue weighted by Gasteiger charge is 2.08. The van der Waals surface area contributed by atoms with E-state index in [9.17, 15) is 12.8 Å². The highest BCUT2D eigenvalue weighted by atomic mass is 32.2. The van der Waals surface area contributed by atoms with E-state index in [4.69, 9.17) is 10.4 Å². The number of hydrogen-bond acceptors (Lipinski definition) is 3. The van der Waals surface area contributed by atoms with E-state index in [0.29, 0.717) is 5.56 Å². The molecule has 0 aliphatic heterocycles. The van der Waals surface area contributed by atoms with E-state index in [1.165, 1.54) is 12.1 Å².